The average Bonchev–Trinajstić information content (AvgIpc) is 2.34. The van der Waals surface area contributed by atoms with Crippen molar-refractivity contribution in [1.82, 2.24) is 0 Å². The third-order valence-corrected chi connectivity index (χ3v) is 2.59. The van der Waals surface area contributed by atoms with Crippen molar-refractivity contribution >= 4 is 5.69 Å². The third kappa shape index (κ3) is 2.42. The van der Waals surface area contributed by atoms with Gasteiger partial charge in [-0.25, -0.2) is 8.78 Å². The summed E-state index contributed by atoms with van der Waals surface area (Å²) in [5.41, 5.74) is 6.25. The van der Waals surface area contributed by atoms with Crippen molar-refractivity contribution in [2.45, 2.75) is 13.3 Å². The molecule has 0 heterocycles. The topological polar surface area (TPSA) is 35.2 Å². The van der Waals surface area contributed by atoms with E-state index in [1.807, 2.05) is 19.1 Å². The maximum atomic E-state index is 13.6. The van der Waals surface area contributed by atoms with E-state index in [1.54, 1.807) is 12.1 Å². The Morgan fingerprint density at radius 3 is 2.33 bits per heavy atom. The Labute approximate surface area is 104 Å². The standard InChI is InChI=1S/C14H13F2NO/c1-2-9-5-3-4-6-13(9)18-14-11(15)7-10(17)8-12(14)16/h3-8H,2,17H2,1H3. The molecule has 0 atom stereocenters. The van der Waals surface area contributed by atoms with Gasteiger partial charge < -0.3 is 10.5 Å². The lowest BCUT2D eigenvalue weighted by Crippen LogP contribution is -1.97. The van der Waals surface area contributed by atoms with Crippen LogP contribution in [-0.4, -0.2) is 0 Å². The fourth-order valence-corrected chi connectivity index (χ4v) is 1.68. The highest BCUT2D eigenvalue weighted by Gasteiger charge is 2.14. The third-order valence-electron chi connectivity index (χ3n) is 2.59. The minimum absolute atomic E-state index is 0.0288. The maximum Gasteiger partial charge on any atom is 0.198 e. The van der Waals surface area contributed by atoms with E-state index in [-0.39, 0.29) is 5.69 Å². The largest absolute Gasteiger partial charge is 0.451 e. The molecular formula is C14H13F2NO. The van der Waals surface area contributed by atoms with Crippen molar-refractivity contribution in [3.05, 3.63) is 53.6 Å². The van der Waals surface area contributed by atoms with Crippen LogP contribution < -0.4 is 10.5 Å². The Kier molecular flexibility index (Phi) is 3.46. The summed E-state index contributed by atoms with van der Waals surface area (Å²) in [4.78, 5) is 0. The number of hydrogen-bond acceptors (Lipinski definition) is 2. The van der Waals surface area contributed by atoms with Crippen molar-refractivity contribution in [2.75, 3.05) is 5.73 Å². The Bertz CT molecular complexity index is 546. The van der Waals surface area contributed by atoms with Gasteiger partial charge in [0.1, 0.15) is 5.75 Å². The van der Waals surface area contributed by atoms with Crippen LogP contribution in [0, 0.1) is 11.6 Å². The number of rotatable bonds is 3. The summed E-state index contributed by atoms with van der Waals surface area (Å²) in [6.07, 6.45) is 0.717. The zero-order chi connectivity index (χ0) is 13.1. The molecule has 0 saturated carbocycles. The fraction of sp³-hybridized carbons (Fsp3) is 0.143. The molecule has 0 amide bonds. The fourth-order valence-electron chi connectivity index (χ4n) is 1.68. The number of benzene rings is 2. The van der Waals surface area contributed by atoms with Crippen LogP contribution in [0.1, 0.15) is 12.5 Å². The molecule has 0 aliphatic heterocycles. The monoisotopic (exact) mass is 249 g/mol. The molecule has 2 aromatic rings. The molecule has 0 aliphatic carbocycles. The second-order valence-electron chi connectivity index (χ2n) is 3.88. The van der Waals surface area contributed by atoms with Crippen LogP contribution in [-0.2, 0) is 6.42 Å². The number of hydrogen-bond donors (Lipinski definition) is 1. The summed E-state index contributed by atoms with van der Waals surface area (Å²) in [6.45, 7) is 1.94. The van der Waals surface area contributed by atoms with E-state index in [1.165, 1.54) is 0 Å². The minimum Gasteiger partial charge on any atom is -0.451 e. The summed E-state index contributed by atoms with van der Waals surface area (Å²) >= 11 is 0. The molecular weight excluding hydrogens is 236 g/mol. The van der Waals surface area contributed by atoms with Crippen LogP contribution in [0.25, 0.3) is 0 Å². The zero-order valence-electron chi connectivity index (χ0n) is 9.91. The second kappa shape index (κ2) is 5.04. The Morgan fingerprint density at radius 2 is 1.72 bits per heavy atom. The molecule has 4 heteroatoms. The Balaban J connectivity index is 2.40. The molecule has 2 N–H and O–H groups in total. The Hall–Kier alpha value is -2.10. The van der Waals surface area contributed by atoms with Crippen molar-refractivity contribution in [1.29, 1.82) is 0 Å². The number of nitrogen functional groups attached to an aromatic ring is 1. The van der Waals surface area contributed by atoms with Gasteiger partial charge in [-0.05, 0) is 18.1 Å². The summed E-state index contributed by atoms with van der Waals surface area (Å²) < 4.78 is 32.5. The van der Waals surface area contributed by atoms with Crippen molar-refractivity contribution in [2.24, 2.45) is 0 Å². The number of nitrogens with two attached hydrogens (primary N) is 1. The maximum absolute atomic E-state index is 13.6. The minimum atomic E-state index is -0.807. The van der Waals surface area contributed by atoms with Crippen LogP contribution in [0.4, 0.5) is 14.5 Å². The highest BCUT2D eigenvalue weighted by Crippen LogP contribution is 2.31. The molecule has 18 heavy (non-hydrogen) atoms. The van der Waals surface area contributed by atoms with Crippen LogP contribution in [0.15, 0.2) is 36.4 Å². The van der Waals surface area contributed by atoms with E-state index in [2.05, 4.69) is 0 Å². The molecule has 0 aliphatic rings. The quantitative estimate of drug-likeness (QED) is 0.837. The van der Waals surface area contributed by atoms with Gasteiger partial charge in [0.05, 0.1) is 0 Å². The smallest absolute Gasteiger partial charge is 0.198 e. The second-order valence-corrected chi connectivity index (χ2v) is 3.88. The first kappa shape index (κ1) is 12.4. The van der Waals surface area contributed by atoms with Crippen molar-refractivity contribution < 1.29 is 13.5 Å². The normalized spacial score (nSPS) is 10.4. The summed E-state index contributed by atoms with van der Waals surface area (Å²) in [5.74, 6) is -1.59. The van der Waals surface area contributed by atoms with Gasteiger partial charge in [-0.1, -0.05) is 25.1 Å². The van der Waals surface area contributed by atoms with Gasteiger partial charge >= 0.3 is 0 Å². The molecule has 0 fully saturated rings. The van der Waals surface area contributed by atoms with Crippen molar-refractivity contribution in [3.63, 3.8) is 0 Å². The highest BCUT2D eigenvalue weighted by atomic mass is 19.1. The van der Waals surface area contributed by atoms with Crippen LogP contribution in [0.5, 0.6) is 11.5 Å². The molecule has 0 radical (unpaired) electrons. The highest BCUT2D eigenvalue weighted by molar-refractivity contribution is 5.46. The first-order chi connectivity index (χ1) is 8.61. The van der Waals surface area contributed by atoms with E-state index in [4.69, 9.17) is 10.5 Å². The molecule has 2 nitrogen and oxygen atoms in total. The lowest BCUT2D eigenvalue weighted by atomic mass is 10.1. The van der Waals surface area contributed by atoms with Gasteiger partial charge in [-0.15, -0.1) is 0 Å². The van der Waals surface area contributed by atoms with Crippen LogP contribution in [0.2, 0.25) is 0 Å². The number of aryl methyl sites for hydroxylation is 1. The molecule has 0 bridgehead atoms. The SMILES string of the molecule is CCc1ccccc1Oc1c(F)cc(N)cc1F. The predicted octanol–water partition coefficient (Wildman–Crippen LogP) is 3.90. The van der Waals surface area contributed by atoms with E-state index >= 15 is 0 Å². The zero-order valence-corrected chi connectivity index (χ0v) is 9.91. The first-order valence-electron chi connectivity index (χ1n) is 5.62. The molecule has 0 spiro atoms. The van der Waals surface area contributed by atoms with E-state index in [9.17, 15) is 8.78 Å². The summed E-state index contributed by atoms with van der Waals surface area (Å²) in [7, 11) is 0. The molecule has 0 saturated heterocycles. The summed E-state index contributed by atoms with van der Waals surface area (Å²) in [5, 5.41) is 0. The van der Waals surface area contributed by atoms with E-state index < -0.39 is 17.4 Å². The van der Waals surface area contributed by atoms with Gasteiger partial charge in [-0.3, -0.25) is 0 Å². The Morgan fingerprint density at radius 1 is 1.11 bits per heavy atom. The number of anilines is 1. The molecule has 2 rings (SSSR count). The predicted molar refractivity (Wildman–Crippen MR) is 66.7 cm³/mol. The lowest BCUT2D eigenvalue weighted by Gasteiger charge is -2.11. The summed E-state index contributed by atoms with van der Waals surface area (Å²) in [6, 6.07) is 9.19. The van der Waals surface area contributed by atoms with E-state index in [0.29, 0.717) is 12.2 Å². The van der Waals surface area contributed by atoms with Gasteiger partial charge in [0.15, 0.2) is 17.4 Å². The number of ether oxygens (including phenoxy) is 1. The van der Waals surface area contributed by atoms with Crippen LogP contribution >= 0.6 is 0 Å². The average molecular weight is 249 g/mol. The lowest BCUT2D eigenvalue weighted by molar-refractivity contribution is 0.405. The van der Waals surface area contributed by atoms with Gasteiger partial charge in [-0.2, -0.15) is 0 Å². The number of halogens is 2. The molecule has 0 aromatic heterocycles. The van der Waals surface area contributed by atoms with Crippen molar-refractivity contribution in [3.8, 4) is 11.5 Å². The molecule has 94 valence electrons. The van der Waals surface area contributed by atoms with Crippen LogP contribution in [0.3, 0.4) is 0 Å². The first-order valence-corrected chi connectivity index (χ1v) is 5.62. The van der Waals surface area contributed by atoms with Gasteiger partial charge in [0.25, 0.3) is 0 Å². The molecule has 2 aromatic carbocycles. The van der Waals surface area contributed by atoms with Gasteiger partial charge in [0.2, 0.25) is 0 Å². The number of para-hydroxylation sites is 1. The van der Waals surface area contributed by atoms with E-state index in [0.717, 1.165) is 17.7 Å². The van der Waals surface area contributed by atoms with Gasteiger partial charge in [0, 0.05) is 17.8 Å². The molecule has 0 unspecified atom stereocenters.